The lowest BCUT2D eigenvalue weighted by atomic mass is 9.90. The molecule has 4 aliphatic rings. The number of piperazine rings is 1. The maximum Gasteiger partial charge on any atom is 0.258 e. The number of fused-ring (bicyclic) bond motifs is 4. The second-order valence-corrected chi connectivity index (χ2v) is 12.0. The highest BCUT2D eigenvalue weighted by Crippen LogP contribution is 2.36. The van der Waals surface area contributed by atoms with Crippen molar-refractivity contribution in [3.8, 4) is 16.9 Å². The molecule has 3 aliphatic heterocycles. The zero-order valence-corrected chi connectivity index (χ0v) is 23.7. The number of aliphatic hydroxyl groups excluding tert-OH is 1. The molecule has 6 rings (SSSR count). The van der Waals surface area contributed by atoms with Gasteiger partial charge in [-0.2, -0.15) is 0 Å². The first-order chi connectivity index (χ1) is 20.3. The molecule has 2 amide bonds. The van der Waals surface area contributed by atoms with Crippen molar-refractivity contribution in [3.05, 3.63) is 54.1 Å². The highest BCUT2D eigenvalue weighted by atomic mass is 19.3. The number of hydrogen-bond acceptors (Lipinski definition) is 6. The van der Waals surface area contributed by atoms with Crippen LogP contribution < -0.4 is 10.1 Å². The van der Waals surface area contributed by atoms with E-state index in [1.54, 1.807) is 11.0 Å². The molecule has 0 spiro atoms. The molecule has 1 saturated carbocycles. The molecule has 0 unspecified atom stereocenters. The molecule has 8 nitrogen and oxygen atoms in total. The van der Waals surface area contributed by atoms with E-state index >= 15 is 0 Å². The molecule has 2 N–H and O–H groups in total. The van der Waals surface area contributed by atoms with Crippen LogP contribution in [0.5, 0.6) is 5.75 Å². The van der Waals surface area contributed by atoms with E-state index in [9.17, 15) is 23.5 Å². The topological polar surface area (TPSA) is 91.3 Å². The number of rotatable bonds is 2. The summed E-state index contributed by atoms with van der Waals surface area (Å²) in [7, 11) is 0. The monoisotopic (exact) mass is 583 g/mol. The molecular weight excluding hydrogens is 544 g/mol. The lowest BCUT2D eigenvalue weighted by molar-refractivity contribution is -0.136. The second-order valence-electron chi connectivity index (χ2n) is 12.0. The Bertz CT molecular complexity index is 1270. The summed E-state index contributed by atoms with van der Waals surface area (Å²) in [6.45, 7) is 1.50. The Labute approximate surface area is 245 Å². The van der Waals surface area contributed by atoms with Crippen LogP contribution >= 0.6 is 0 Å². The zero-order chi connectivity index (χ0) is 29.3. The van der Waals surface area contributed by atoms with E-state index in [0.717, 1.165) is 11.1 Å². The van der Waals surface area contributed by atoms with Crippen LogP contribution in [0.1, 0.15) is 55.3 Å². The van der Waals surface area contributed by atoms with Gasteiger partial charge in [0.1, 0.15) is 17.9 Å². The van der Waals surface area contributed by atoms with Crippen molar-refractivity contribution in [1.82, 2.24) is 15.1 Å². The van der Waals surface area contributed by atoms with Crippen LogP contribution in [-0.4, -0.2) is 95.8 Å². The van der Waals surface area contributed by atoms with Crippen LogP contribution in [0, 0.1) is 0 Å². The normalized spacial score (nSPS) is 29.5. The second kappa shape index (κ2) is 12.3. The van der Waals surface area contributed by atoms with E-state index in [4.69, 9.17) is 9.47 Å². The summed E-state index contributed by atoms with van der Waals surface area (Å²) in [4.78, 5) is 31.5. The Morgan fingerprint density at radius 3 is 2.50 bits per heavy atom. The first-order valence-corrected chi connectivity index (χ1v) is 15.1. The molecule has 2 bridgehead atoms. The van der Waals surface area contributed by atoms with Crippen molar-refractivity contribution in [1.29, 1.82) is 0 Å². The van der Waals surface area contributed by atoms with E-state index in [1.807, 2.05) is 42.5 Å². The smallest absolute Gasteiger partial charge is 0.258 e. The fourth-order valence-electron chi connectivity index (χ4n) is 6.74. The first kappa shape index (κ1) is 29.0. The summed E-state index contributed by atoms with van der Waals surface area (Å²) in [6.07, 6.45) is 0.815. The predicted molar refractivity (Wildman–Crippen MR) is 153 cm³/mol. The minimum absolute atomic E-state index is 0.0592. The fraction of sp³-hybridized carbons (Fsp3) is 0.562. The van der Waals surface area contributed by atoms with E-state index < -0.39 is 24.2 Å². The van der Waals surface area contributed by atoms with Gasteiger partial charge in [-0.15, -0.1) is 0 Å². The number of halogens is 2. The summed E-state index contributed by atoms with van der Waals surface area (Å²) >= 11 is 0. The Morgan fingerprint density at radius 1 is 0.929 bits per heavy atom. The van der Waals surface area contributed by atoms with E-state index in [0.29, 0.717) is 56.6 Å². The van der Waals surface area contributed by atoms with Crippen molar-refractivity contribution >= 4 is 11.8 Å². The average Bonchev–Trinajstić information content (AvgIpc) is 3.00. The molecule has 2 saturated heterocycles. The number of amides is 2. The van der Waals surface area contributed by atoms with Gasteiger partial charge in [0, 0.05) is 51.5 Å². The average molecular weight is 584 g/mol. The Hall–Kier alpha value is -3.08. The molecule has 4 atom stereocenters. The third-order valence-electron chi connectivity index (χ3n) is 9.25. The third kappa shape index (κ3) is 6.31. The van der Waals surface area contributed by atoms with Gasteiger partial charge in [-0.1, -0.05) is 36.4 Å². The number of ether oxygens (including phenoxy) is 2. The summed E-state index contributed by atoms with van der Waals surface area (Å²) in [6, 6.07) is 14.5. The van der Waals surface area contributed by atoms with E-state index in [2.05, 4.69) is 10.2 Å². The number of carbonyl (C=O) groups is 2. The SMILES string of the molecule is O=C1NC[C@H]2O[C@H](CCOc3cc(-c4ccccc4)ccc3C(=O)N3CCN(C4CCC(F)(F)CC4)C[C@@H]13)CC[C@@H]2O. The van der Waals surface area contributed by atoms with Crippen molar-refractivity contribution in [3.63, 3.8) is 0 Å². The maximum atomic E-state index is 14.1. The fourth-order valence-corrected chi connectivity index (χ4v) is 6.74. The largest absolute Gasteiger partial charge is 0.493 e. The number of carbonyl (C=O) groups excluding carboxylic acids is 2. The summed E-state index contributed by atoms with van der Waals surface area (Å²) < 4.78 is 40.2. The standard InChI is InChI=1S/C32H39F2N3O5/c33-32(34)13-10-23(11-14-32)36-15-16-37-26(20-36)30(39)35-19-29-27(38)9-7-24(42-29)12-17-41-28-18-22(6-8-25(28)31(37)40)21-4-2-1-3-5-21/h1-6,8,18,23-24,26-27,29,38H,7,9-17,19-20H2,(H,35,39)/t24-,26-,27-,29+/m0/s1. The number of aliphatic hydroxyl groups is 1. The molecule has 3 fully saturated rings. The van der Waals surface area contributed by atoms with Gasteiger partial charge in [0.2, 0.25) is 11.8 Å². The van der Waals surface area contributed by atoms with Gasteiger partial charge in [-0.25, -0.2) is 8.78 Å². The Morgan fingerprint density at radius 2 is 1.71 bits per heavy atom. The van der Waals surface area contributed by atoms with Crippen LogP contribution in [0.25, 0.3) is 11.1 Å². The molecule has 0 radical (unpaired) electrons. The molecule has 1 aliphatic carbocycles. The van der Waals surface area contributed by atoms with E-state index in [1.165, 1.54) is 0 Å². The van der Waals surface area contributed by atoms with Crippen LogP contribution in [-0.2, 0) is 9.53 Å². The molecule has 0 aromatic heterocycles. The molecule has 3 heterocycles. The van der Waals surface area contributed by atoms with Crippen molar-refractivity contribution < 1.29 is 33.0 Å². The quantitative estimate of drug-likeness (QED) is 0.558. The number of hydrogen-bond donors (Lipinski definition) is 2. The van der Waals surface area contributed by atoms with E-state index in [-0.39, 0.29) is 56.4 Å². The summed E-state index contributed by atoms with van der Waals surface area (Å²) in [5, 5.41) is 13.5. The first-order valence-electron chi connectivity index (χ1n) is 15.1. The van der Waals surface area contributed by atoms with Gasteiger partial charge >= 0.3 is 0 Å². The highest BCUT2D eigenvalue weighted by molar-refractivity contribution is 6.00. The van der Waals surface area contributed by atoms with Gasteiger partial charge in [0.05, 0.1) is 24.4 Å². The number of benzene rings is 2. The minimum atomic E-state index is -2.64. The van der Waals surface area contributed by atoms with Gasteiger partial charge in [0.25, 0.3) is 5.91 Å². The molecule has 2 aromatic rings. The lowest BCUT2D eigenvalue weighted by Crippen LogP contribution is -2.63. The summed E-state index contributed by atoms with van der Waals surface area (Å²) in [5.74, 6) is -2.83. The maximum absolute atomic E-state index is 14.1. The van der Waals surface area contributed by atoms with Gasteiger partial charge in [-0.3, -0.25) is 14.5 Å². The highest BCUT2D eigenvalue weighted by Gasteiger charge is 2.42. The van der Waals surface area contributed by atoms with Gasteiger partial charge in [0.15, 0.2) is 0 Å². The summed E-state index contributed by atoms with van der Waals surface area (Å²) in [5.41, 5.74) is 2.29. The number of nitrogens with one attached hydrogen (secondary N) is 1. The van der Waals surface area contributed by atoms with Crippen LogP contribution in [0.4, 0.5) is 8.78 Å². The number of nitrogens with zero attached hydrogens (tertiary/aromatic N) is 2. The predicted octanol–water partition coefficient (Wildman–Crippen LogP) is 3.87. The van der Waals surface area contributed by atoms with Crippen LogP contribution in [0.15, 0.2) is 48.5 Å². The minimum Gasteiger partial charge on any atom is -0.493 e. The van der Waals surface area contributed by atoms with Crippen LogP contribution in [0.3, 0.4) is 0 Å². The molecule has 42 heavy (non-hydrogen) atoms. The molecule has 226 valence electrons. The van der Waals surface area contributed by atoms with Crippen molar-refractivity contribution in [2.24, 2.45) is 0 Å². The van der Waals surface area contributed by atoms with Gasteiger partial charge in [-0.05, 0) is 48.9 Å². The van der Waals surface area contributed by atoms with Crippen molar-refractivity contribution in [2.45, 2.75) is 81.3 Å². The van der Waals surface area contributed by atoms with Gasteiger partial charge < -0.3 is 24.8 Å². The molecule has 10 heteroatoms. The molecular formula is C32H39F2N3O5. The van der Waals surface area contributed by atoms with Crippen LogP contribution in [0.2, 0.25) is 0 Å². The lowest BCUT2D eigenvalue weighted by Gasteiger charge is -2.45. The zero-order valence-electron chi connectivity index (χ0n) is 23.7. The number of alkyl halides is 2. The Balaban J connectivity index is 1.31. The Kier molecular flexibility index (Phi) is 8.47. The third-order valence-corrected chi connectivity index (χ3v) is 9.25. The molecule has 2 aromatic carbocycles. The van der Waals surface area contributed by atoms with Crippen molar-refractivity contribution in [2.75, 3.05) is 32.8 Å².